The first-order valence-corrected chi connectivity index (χ1v) is 6.07. The van der Waals surface area contributed by atoms with Crippen LogP contribution in [0.3, 0.4) is 0 Å². The standard InChI is InChI=1S/C13H15N3O4/c1-3-15(8-9(2)13(17)18)11-6-4-5-10(7-14)12(11)16(19)20/h4-6,9H,3,8H2,1-2H3,(H,17,18). The van der Waals surface area contributed by atoms with E-state index in [2.05, 4.69) is 0 Å². The van der Waals surface area contributed by atoms with Gasteiger partial charge in [0.15, 0.2) is 0 Å². The number of nitriles is 1. The van der Waals surface area contributed by atoms with Gasteiger partial charge in [0.25, 0.3) is 0 Å². The van der Waals surface area contributed by atoms with Crippen molar-refractivity contribution in [3.05, 3.63) is 33.9 Å². The van der Waals surface area contributed by atoms with Crippen molar-refractivity contribution in [2.75, 3.05) is 18.0 Å². The number of benzene rings is 1. The number of para-hydroxylation sites is 1. The first kappa shape index (κ1) is 15.4. The second-order valence-corrected chi connectivity index (χ2v) is 4.32. The van der Waals surface area contributed by atoms with Crippen molar-refractivity contribution in [1.29, 1.82) is 5.26 Å². The van der Waals surface area contributed by atoms with Gasteiger partial charge >= 0.3 is 11.7 Å². The van der Waals surface area contributed by atoms with Crippen LogP contribution in [-0.4, -0.2) is 29.1 Å². The van der Waals surface area contributed by atoms with Crippen LogP contribution >= 0.6 is 0 Å². The van der Waals surface area contributed by atoms with E-state index < -0.39 is 16.8 Å². The molecule has 0 amide bonds. The van der Waals surface area contributed by atoms with Gasteiger partial charge in [-0.3, -0.25) is 14.9 Å². The van der Waals surface area contributed by atoms with Crippen LogP contribution in [0.15, 0.2) is 18.2 Å². The number of nitro groups is 1. The van der Waals surface area contributed by atoms with Crippen molar-refractivity contribution in [2.24, 2.45) is 5.92 Å². The largest absolute Gasteiger partial charge is 0.481 e. The Bertz CT molecular complexity index is 565. The number of aliphatic carboxylic acids is 1. The van der Waals surface area contributed by atoms with E-state index in [9.17, 15) is 14.9 Å². The minimum absolute atomic E-state index is 0.0334. The van der Waals surface area contributed by atoms with Crippen LogP contribution in [0.5, 0.6) is 0 Å². The fraction of sp³-hybridized carbons (Fsp3) is 0.385. The van der Waals surface area contributed by atoms with Crippen molar-refractivity contribution < 1.29 is 14.8 Å². The van der Waals surface area contributed by atoms with Crippen molar-refractivity contribution >= 4 is 17.3 Å². The van der Waals surface area contributed by atoms with E-state index in [-0.39, 0.29) is 23.5 Å². The number of carboxylic acid groups (broad SMARTS) is 1. The molecule has 20 heavy (non-hydrogen) atoms. The molecule has 1 aromatic rings. The summed E-state index contributed by atoms with van der Waals surface area (Å²) in [5, 5.41) is 29.0. The first-order valence-electron chi connectivity index (χ1n) is 6.07. The van der Waals surface area contributed by atoms with Gasteiger partial charge in [0.05, 0.1) is 10.8 Å². The zero-order valence-electron chi connectivity index (χ0n) is 11.2. The molecule has 0 aromatic heterocycles. The predicted molar refractivity (Wildman–Crippen MR) is 72.5 cm³/mol. The van der Waals surface area contributed by atoms with Gasteiger partial charge < -0.3 is 10.0 Å². The lowest BCUT2D eigenvalue weighted by Gasteiger charge is -2.24. The Morgan fingerprint density at radius 1 is 1.60 bits per heavy atom. The highest BCUT2D eigenvalue weighted by Gasteiger charge is 2.25. The van der Waals surface area contributed by atoms with Gasteiger partial charge in [-0.05, 0) is 19.1 Å². The molecule has 7 heteroatoms. The minimum Gasteiger partial charge on any atom is -0.481 e. The average molecular weight is 277 g/mol. The molecule has 0 heterocycles. The quantitative estimate of drug-likeness (QED) is 0.629. The normalized spacial score (nSPS) is 11.4. The molecular formula is C13H15N3O4. The van der Waals surface area contributed by atoms with Gasteiger partial charge in [-0.25, -0.2) is 0 Å². The predicted octanol–water partition coefficient (Wildman–Crippen LogP) is 2.01. The van der Waals surface area contributed by atoms with E-state index >= 15 is 0 Å². The minimum atomic E-state index is -0.970. The summed E-state index contributed by atoms with van der Waals surface area (Å²) in [5.41, 5.74) is -0.0481. The lowest BCUT2D eigenvalue weighted by molar-refractivity contribution is -0.384. The van der Waals surface area contributed by atoms with Crippen molar-refractivity contribution in [3.63, 3.8) is 0 Å². The maximum absolute atomic E-state index is 11.2. The van der Waals surface area contributed by atoms with E-state index in [4.69, 9.17) is 10.4 Å². The van der Waals surface area contributed by atoms with E-state index in [1.165, 1.54) is 19.1 Å². The summed E-state index contributed by atoms with van der Waals surface area (Å²) in [6, 6.07) is 6.23. The van der Waals surface area contributed by atoms with Gasteiger partial charge in [0.1, 0.15) is 17.3 Å². The van der Waals surface area contributed by atoms with Gasteiger partial charge in [0.2, 0.25) is 0 Å². The number of hydrogen-bond donors (Lipinski definition) is 1. The molecule has 0 aliphatic carbocycles. The molecular weight excluding hydrogens is 262 g/mol. The van der Waals surface area contributed by atoms with Crippen molar-refractivity contribution in [1.82, 2.24) is 0 Å². The molecule has 1 N–H and O–H groups in total. The molecule has 1 aromatic carbocycles. The molecule has 0 radical (unpaired) electrons. The highest BCUT2D eigenvalue weighted by Crippen LogP contribution is 2.31. The third kappa shape index (κ3) is 3.23. The smallest absolute Gasteiger partial charge is 0.310 e. The van der Waals surface area contributed by atoms with Crippen molar-refractivity contribution in [2.45, 2.75) is 13.8 Å². The third-order valence-corrected chi connectivity index (χ3v) is 2.96. The van der Waals surface area contributed by atoms with Crippen LogP contribution < -0.4 is 4.90 Å². The molecule has 0 spiro atoms. The maximum atomic E-state index is 11.2. The van der Waals surface area contributed by atoms with Crippen LogP contribution in [0.4, 0.5) is 11.4 Å². The Labute approximate surface area is 116 Å². The molecule has 0 aliphatic heterocycles. The number of carbonyl (C=O) groups is 1. The summed E-state index contributed by atoms with van der Waals surface area (Å²) >= 11 is 0. The van der Waals surface area contributed by atoms with Gasteiger partial charge in [-0.2, -0.15) is 5.26 Å². The zero-order valence-corrected chi connectivity index (χ0v) is 11.2. The topological polar surface area (TPSA) is 107 Å². The summed E-state index contributed by atoms with van der Waals surface area (Å²) in [5.74, 6) is -1.64. The van der Waals surface area contributed by atoms with Crippen LogP contribution in [0.1, 0.15) is 19.4 Å². The Morgan fingerprint density at radius 2 is 2.25 bits per heavy atom. The molecule has 0 bridgehead atoms. The van der Waals surface area contributed by atoms with Crippen LogP contribution in [-0.2, 0) is 4.79 Å². The van der Waals surface area contributed by atoms with E-state index in [0.717, 1.165) is 0 Å². The first-order chi connectivity index (χ1) is 9.42. The molecule has 0 saturated heterocycles. The maximum Gasteiger partial charge on any atom is 0.310 e. The number of carboxylic acids is 1. The Hall–Kier alpha value is -2.62. The molecule has 106 valence electrons. The molecule has 0 aliphatic rings. The fourth-order valence-electron chi connectivity index (χ4n) is 1.88. The highest BCUT2D eigenvalue weighted by molar-refractivity contribution is 5.73. The van der Waals surface area contributed by atoms with Crippen LogP contribution in [0.25, 0.3) is 0 Å². The van der Waals surface area contributed by atoms with Crippen LogP contribution in [0, 0.1) is 27.4 Å². The van der Waals surface area contributed by atoms with E-state index in [0.29, 0.717) is 6.54 Å². The monoisotopic (exact) mass is 277 g/mol. The third-order valence-electron chi connectivity index (χ3n) is 2.96. The second kappa shape index (κ2) is 6.52. The van der Waals surface area contributed by atoms with E-state index in [1.807, 2.05) is 0 Å². The summed E-state index contributed by atoms with van der Waals surface area (Å²) < 4.78 is 0. The molecule has 1 atom stereocenters. The molecule has 0 saturated carbocycles. The SMILES string of the molecule is CCN(CC(C)C(=O)O)c1cccc(C#N)c1[N+](=O)[O-]. The number of nitrogens with zero attached hydrogens (tertiary/aromatic N) is 3. The Morgan fingerprint density at radius 3 is 2.70 bits per heavy atom. The Kier molecular flexibility index (Phi) is 5.03. The highest BCUT2D eigenvalue weighted by atomic mass is 16.6. The second-order valence-electron chi connectivity index (χ2n) is 4.32. The molecule has 7 nitrogen and oxygen atoms in total. The van der Waals surface area contributed by atoms with Gasteiger partial charge in [-0.1, -0.05) is 13.0 Å². The summed E-state index contributed by atoms with van der Waals surface area (Å²) in [7, 11) is 0. The number of nitro benzene ring substituents is 1. The fourth-order valence-corrected chi connectivity index (χ4v) is 1.88. The summed E-state index contributed by atoms with van der Waals surface area (Å²) in [4.78, 5) is 23.0. The zero-order chi connectivity index (χ0) is 15.3. The van der Waals surface area contributed by atoms with Gasteiger partial charge in [0, 0.05) is 13.1 Å². The summed E-state index contributed by atoms with van der Waals surface area (Å²) in [6.45, 7) is 3.86. The van der Waals surface area contributed by atoms with E-state index in [1.54, 1.807) is 24.0 Å². The Balaban J connectivity index is 3.25. The number of hydrogen-bond acceptors (Lipinski definition) is 5. The molecule has 0 fully saturated rings. The average Bonchev–Trinajstić information content (AvgIpc) is 2.43. The molecule has 1 unspecified atom stereocenters. The lowest BCUT2D eigenvalue weighted by atomic mass is 10.1. The lowest BCUT2D eigenvalue weighted by Crippen LogP contribution is -2.32. The van der Waals surface area contributed by atoms with Crippen molar-refractivity contribution in [3.8, 4) is 6.07 Å². The molecule has 1 rings (SSSR count). The number of rotatable bonds is 6. The summed E-state index contributed by atoms with van der Waals surface area (Å²) in [6.07, 6.45) is 0. The number of anilines is 1. The van der Waals surface area contributed by atoms with Gasteiger partial charge in [-0.15, -0.1) is 0 Å². The van der Waals surface area contributed by atoms with Crippen LogP contribution in [0.2, 0.25) is 0 Å².